The molecule has 0 fully saturated rings. The Morgan fingerprint density at radius 1 is 1.83 bits per heavy atom. The van der Waals surface area contributed by atoms with Crippen LogP contribution >= 0.6 is 22.6 Å². The van der Waals surface area contributed by atoms with Gasteiger partial charge in [0.1, 0.15) is 0 Å². The molecule has 0 bridgehead atoms. The zero-order chi connectivity index (χ0) is 4.41. The Morgan fingerprint density at radius 2 is 2.67 bits per heavy atom. The minimum absolute atomic E-state index is 0.887. The van der Waals surface area contributed by atoms with Crippen molar-refractivity contribution < 1.29 is 0 Å². The molecular formula is C4H4IN. The topological polar surface area (TPSA) is 12.4 Å². The molecule has 2 heteroatoms. The number of rotatable bonds is 0. The highest BCUT2D eigenvalue weighted by atomic mass is 127. The molecule has 0 saturated carbocycles. The van der Waals surface area contributed by atoms with Crippen molar-refractivity contribution in [2.24, 2.45) is 4.99 Å². The minimum atomic E-state index is 0.887. The Kier molecular flexibility index (Phi) is 1.24. The van der Waals surface area contributed by atoms with Gasteiger partial charge in [-0.25, -0.2) is 0 Å². The molecule has 0 aliphatic carbocycles. The van der Waals surface area contributed by atoms with Crippen molar-refractivity contribution in [3.05, 3.63) is 12.2 Å². The number of hydrogen-bond acceptors (Lipinski definition) is 1. The van der Waals surface area contributed by atoms with Gasteiger partial charge in [0.25, 0.3) is 0 Å². The standard InChI is InChI=1S/C4H4IN/c5-4-2-1-3-6-4/h1-2H,3H2. The summed E-state index contributed by atoms with van der Waals surface area (Å²) in [6.07, 6.45) is 4.06. The van der Waals surface area contributed by atoms with Crippen LogP contribution in [0.15, 0.2) is 17.1 Å². The second-order valence-corrected chi connectivity index (χ2v) is 2.17. The van der Waals surface area contributed by atoms with Crippen LogP contribution in [0.25, 0.3) is 0 Å². The summed E-state index contributed by atoms with van der Waals surface area (Å²) in [7, 11) is 0. The van der Waals surface area contributed by atoms with E-state index in [4.69, 9.17) is 0 Å². The summed E-state index contributed by atoms with van der Waals surface area (Å²) in [6, 6.07) is 0. The van der Waals surface area contributed by atoms with Gasteiger partial charge < -0.3 is 0 Å². The van der Waals surface area contributed by atoms with Crippen LogP contribution in [-0.2, 0) is 0 Å². The Labute approximate surface area is 50.3 Å². The van der Waals surface area contributed by atoms with Crippen LogP contribution in [0.4, 0.5) is 0 Å². The lowest BCUT2D eigenvalue weighted by atomic mass is 10.6. The number of aliphatic imine (C=N–C) groups is 1. The van der Waals surface area contributed by atoms with Crippen LogP contribution in [0.3, 0.4) is 0 Å². The molecule has 32 valence electrons. The molecule has 1 heterocycles. The zero-order valence-electron chi connectivity index (χ0n) is 3.19. The first-order valence-electron chi connectivity index (χ1n) is 1.76. The van der Waals surface area contributed by atoms with Gasteiger partial charge >= 0.3 is 0 Å². The molecule has 0 aromatic carbocycles. The quantitative estimate of drug-likeness (QED) is 0.515. The van der Waals surface area contributed by atoms with Crippen molar-refractivity contribution in [1.82, 2.24) is 0 Å². The molecule has 6 heavy (non-hydrogen) atoms. The van der Waals surface area contributed by atoms with E-state index in [-0.39, 0.29) is 0 Å². The first-order chi connectivity index (χ1) is 2.89. The SMILES string of the molecule is IC1=NCC=C1. The summed E-state index contributed by atoms with van der Waals surface area (Å²) >= 11 is 2.20. The van der Waals surface area contributed by atoms with Crippen LogP contribution < -0.4 is 0 Å². The highest BCUT2D eigenvalue weighted by Crippen LogP contribution is 1.98. The molecule has 0 unspecified atom stereocenters. The van der Waals surface area contributed by atoms with Crippen molar-refractivity contribution in [2.75, 3.05) is 6.54 Å². The van der Waals surface area contributed by atoms with Crippen molar-refractivity contribution in [2.45, 2.75) is 0 Å². The third-order valence-corrected chi connectivity index (χ3v) is 1.30. The van der Waals surface area contributed by atoms with Crippen molar-refractivity contribution in [3.8, 4) is 0 Å². The number of halogens is 1. The summed E-state index contributed by atoms with van der Waals surface area (Å²) in [6.45, 7) is 0.887. The van der Waals surface area contributed by atoms with Gasteiger partial charge in [-0.2, -0.15) is 0 Å². The Bertz CT molecular complexity index is 101. The zero-order valence-corrected chi connectivity index (χ0v) is 5.34. The normalized spacial score (nSPS) is 18.5. The van der Waals surface area contributed by atoms with Gasteiger partial charge in [-0.3, -0.25) is 4.99 Å². The van der Waals surface area contributed by atoms with Crippen LogP contribution in [0.5, 0.6) is 0 Å². The van der Waals surface area contributed by atoms with Gasteiger partial charge in [-0.05, 0) is 28.7 Å². The van der Waals surface area contributed by atoms with E-state index in [0.29, 0.717) is 0 Å². The lowest BCUT2D eigenvalue weighted by Crippen LogP contribution is -1.66. The van der Waals surface area contributed by atoms with Crippen LogP contribution in [-0.4, -0.2) is 10.3 Å². The van der Waals surface area contributed by atoms with Crippen molar-refractivity contribution >= 4 is 26.3 Å². The highest BCUT2D eigenvalue weighted by molar-refractivity contribution is 14.1. The first-order valence-corrected chi connectivity index (χ1v) is 2.84. The van der Waals surface area contributed by atoms with Gasteiger partial charge in [0.05, 0.1) is 10.3 Å². The summed E-state index contributed by atoms with van der Waals surface area (Å²) in [5, 5.41) is 0. The van der Waals surface area contributed by atoms with E-state index < -0.39 is 0 Å². The predicted molar refractivity (Wildman–Crippen MR) is 35.5 cm³/mol. The summed E-state index contributed by atoms with van der Waals surface area (Å²) in [4.78, 5) is 4.03. The Hall–Kier alpha value is 0.140. The van der Waals surface area contributed by atoms with E-state index >= 15 is 0 Å². The van der Waals surface area contributed by atoms with E-state index in [1.165, 1.54) is 0 Å². The average molecular weight is 193 g/mol. The van der Waals surface area contributed by atoms with Gasteiger partial charge in [-0.15, -0.1) is 0 Å². The fourth-order valence-corrected chi connectivity index (χ4v) is 0.794. The molecule has 0 aromatic rings. The number of allylic oxidation sites excluding steroid dienone is 1. The molecule has 0 spiro atoms. The summed E-state index contributed by atoms with van der Waals surface area (Å²) in [5.41, 5.74) is 0. The molecule has 0 N–H and O–H groups in total. The van der Waals surface area contributed by atoms with Crippen molar-refractivity contribution in [3.63, 3.8) is 0 Å². The molecule has 1 aliphatic heterocycles. The van der Waals surface area contributed by atoms with E-state index in [0.717, 1.165) is 10.3 Å². The third-order valence-electron chi connectivity index (χ3n) is 0.603. The predicted octanol–water partition coefficient (Wildman–Crippen LogP) is 1.39. The third kappa shape index (κ3) is 0.801. The number of hydrogen-bond donors (Lipinski definition) is 0. The van der Waals surface area contributed by atoms with E-state index in [1.54, 1.807) is 0 Å². The van der Waals surface area contributed by atoms with Crippen LogP contribution in [0.2, 0.25) is 0 Å². The van der Waals surface area contributed by atoms with Gasteiger partial charge in [0, 0.05) is 0 Å². The highest BCUT2D eigenvalue weighted by Gasteiger charge is 1.87. The molecule has 0 aromatic heterocycles. The number of nitrogens with zero attached hydrogens (tertiary/aromatic N) is 1. The monoisotopic (exact) mass is 193 g/mol. The summed E-state index contributed by atoms with van der Waals surface area (Å²) < 4.78 is 1.12. The molecule has 0 amide bonds. The molecule has 0 saturated heterocycles. The second-order valence-electron chi connectivity index (χ2n) is 1.07. The molecule has 0 radical (unpaired) electrons. The first kappa shape index (κ1) is 4.30. The van der Waals surface area contributed by atoms with E-state index in [9.17, 15) is 0 Å². The van der Waals surface area contributed by atoms with Gasteiger partial charge in [-0.1, -0.05) is 6.08 Å². The van der Waals surface area contributed by atoms with E-state index in [1.807, 2.05) is 12.2 Å². The maximum atomic E-state index is 4.03. The van der Waals surface area contributed by atoms with Crippen LogP contribution in [0.1, 0.15) is 0 Å². The fourth-order valence-electron chi connectivity index (χ4n) is 0.343. The summed E-state index contributed by atoms with van der Waals surface area (Å²) in [5.74, 6) is 0. The Morgan fingerprint density at radius 3 is 2.83 bits per heavy atom. The average Bonchev–Trinajstić information content (AvgIpc) is 1.86. The maximum Gasteiger partial charge on any atom is 0.0955 e. The van der Waals surface area contributed by atoms with Crippen LogP contribution in [0, 0.1) is 0 Å². The lowest BCUT2D eigenvalue weighted by Gasteiger charge is -1.70. The Balaban J connectivity index is 2.68. The minimum Gasteiger partial charge on any atom is -0.275 e. The smallest absolute Gasteiger partial charge is 0.0955 e. The lowest BCUT2D eigenvalue weighted by molar-refractivity contribution is 1.29. The maximum absolute atomic E-state index is 4.03. The molecule has 0 atom stereocenters. The molecule has 1 rings (SSSR count). The molecule has 1 nitrogen and oxygen atoms in total. The molecular weight excluding hydrogens is 189 g/mol. The van der Waals surface area contributed by atoms with Gasteiger partial charge in [0.15, 0.2) is 0 Å². The fraction of sp³-hybridized carbons (Fsp3) is 0.250. The largest absolute Gasteiger partial charge is 0.275 e. The molecule has 1 aliphatic rings. The van der Waals surface area contributed by atoms with Crippen molar-refractivity contribution in [1.29, 1.82) is 0 Å². The van der Waals surface area contributed by atoms with E-state index in [2.05, 4.69) is 27.6 Å². The second kappa shape index (κ2) is 1.73. The van der Waals surface area contributed by atoms with Gasteiger partial charge in [0.2, 0.25) is 0 Å².